The van der Waals surface area contributed by atoms with Crippen LogP contribution in [-0.4, -0.2) is 31.6 Å². The molecule has 1 heterocycles. The summed E-state index contributed by atoms with van der Waals surface area (Å²) in [7, 11) is 1.59. The second-order valence-corrected chi connectivity index (χ2v) is 5.89. The van der Waals surface area contributed by atoms with Crippen LogP contribution in [0.4, 0.5) is 10.5 Å². The number of nitrogens with zero attached hydrogens (tertiary/aromatic N) is 1. The normalized spacial score (nSPS) is 18.5. The Hall–Kier alpha value is -3.53. The van der Waals surface area contributed by atoms with Crippen LogP contribution in [0.25, 0.3) is 0 Å². The van der Waals surface area contributed by atoms with Crippen LogP contribution in [0.1, 0.15) is 17.0 Å². The molecule has 7 heteroatoms. The first kappa shape index (κ1) is 17.3. The topological polar surface area (TPSA) is 103 Å². The van der Waals surface area contributed by atoms with Crippen molar-refractivity contribution in [3.05, 3.63) is 59.7 Å². The van der Waals surface area contributed by atoms with Crippen LogP contribution in [0.15, 0.2) is 48.5 Å². The Labute approximate surface area is 151 Å². The van der Waals surface area contributed by atoms with Gasteiger partial charge >= 0.3 is 6.03 Å². The van der Waals surface area contributed by atoms with Gasteiger partial charge in [0.2, 0.25) is 5.91 Å². The van der Waals surface area contributed by atoms with E-state index >= 15 is 0 Å². The number of ether oxygens (including phenoxy) is 1. The highest BCUT2D eigenvalue weighted by Crippen LogP contribution is 2.25. The van der Waals surface area contributed by atoms with Gasteiger partial charge in [0.25, 0.3) is 0 Å². The van der Waals surface area contributed by atoms with Crippen LogP contribution in [0.2, 0.25) is 0 Å². The first-order chi connectivity index (χ1) is 12.6. The maximum absolute atomic E-state index is 12.3. The number of hydrogen-bond donors (Lipinski definition) is 3. The molecule has 7 nitrogen and oxygen atoms in total. The van der Waals surface area contributed by atoms with Crippen molar-refractivity contribution in [2.75, 3.05) is 19.0 Å². The zero-order valence-electron chi connectivity index (χ0n) is 14.2. The van der Waals surface area contributed by atoms with E-state index in [9.17, 15) is 9.59 Å². The van der Waals surface area contributed by atoms with E-state index in [4.69, 9.17) is 10.00 Å². The maximum atomic E-state index is 12.3. The minimum Gasteiger partial charge on any atom is -0.497 e. The molecule has 0 saturated carbocycles. The number of hydrogen-bond acceptors (Lipinski definition) is 4. The Morgan fingerprint density at radius 3 is 2.50 bits per heavy atom. The Balaban J connectivity index is 1.68. The number of rotatable bonds is 4. The number of carbonyl (C=O) groups excluding carboxylic acids is 2. The highest BCUT2D eigenvalue weighted by molar-refractivity contribution is 5.95. The summed E-state index contributed by atoms with van der Waals surface area (Å²) in [5.74, 6) is 0.343. The molecule has 1 fully saturated rings. The average molecular weight is 350 g/mol. The Morgan fingerprint density at radius 2 is 1.88 bits per heavy atom. The molecule has 2 atom stereocenters. The molecule has 0 radical (unpaired) electrons. The number of benzene rings is 2. The Bertz CT molecular complexity index is 841. The van der Waals surface area contributed by atoms with Gasteiger partial charge in [0.1, 0.15) is 11.8 Å². The van der Waals surface area contributed by atoms with Gasteiger partial charge in [-0.2, -0.15) is 5.26 Å². The second kappa shape index (κ2) is 7.57. The van der Waals surface area contributed by atoms with Gasteiger partial charge in [-0.3, -0.25) is 4.79 Å². The Morgan fingerprint density at radius 1 is 1.19 bits per heavy atom. The van der Waals surface area contributed by atoms with Crippen LogP contribution >= 0.6 is 0 Å². The fourth-order valence-electron chi connectivity index (χ4n) is 2.89. The predicted octanol–water partition coefficient (Wildman–Crippen LogP) is 1.97. The molecule has 3 amide bonds. The molecule has 0 bridgehead atoms. The van der Waals surface area contributed by atoms with Gasteiger partial charge in [0, 0.05) is 18.2 Å². The third kappa shape index (κ3) is 3.75. The molecule has 1 aliphatic rings. The van der Waals surface area contributed by atoms with E-state index in [0.717, 1.165) is 11.3 Å². The van der Waals surface area contributed by atoms with Crippen molar-refractivity contribution in [2.24, 2.45) is 0 Å². The highest BCUT2D eigenvalue weighted by atomic mass is 16.5. The van der Waals surface area contributed by atoms with Crippen LogP contribution < -0.4 is 20.7 Å². The van der Waals surface area contributed by atoms with E-state index in [-0.39, 0.29) is 11.8 Å². The first-order valence-electron chi connectivity index (χ1n) is 8.10. The molecule has 0 unspecified atom stereocenters. The van der Waals surface area contributed by atoms with E-state index in [0.29, 0.717) is 17.8 Å². The molecular formula is C19H18N4O3. The summed E-state index contributed by atoms with van der Waals surface area (Å²) in [6, 6.07) is 14.8. The summed E-state index contributed by atoms with van der Waals surface area (Å²) in [5.41, 5.74) is 1.99. The number of urea groups is 1. The van der Waals surface area contributed by atoms with Crippen molar-refractivity contribution in [3.8, 4) is 11.8 Å². The van der Waals surface area contributed by atoms with Crippen molar-refractivity contribution in [1.29, 1.82) is 5.26 Å². The average Bonchev–Trinajstić information content (AvgIpc) is 3.03. The van der Waals surface area contributed by atoms with Crippen molar-refractivity contribution in [2.45, 2.75) is 12.0 Å². The molecule has 26 heavy (non-hydrogen) atoms. The third-order valence-corrected chi connectivity index (χ3v) is 4.28. The molecular weight excluding hydrogens is 332 g/mol. The monoisotopic (exact) mass is 350 g/mol. The van der Waals surface area contributed by atoms with Gasteiger partial charge in [-0.1, -0.05) is 12.1 Å². The van der Waals surface area contributed by atoms with Gasteiger partial charge in [0.15, 0.2) is 0 Å². The number of nitriles is 1. The highest BCUT2D eigenvalue weighted by Gasteiger charge is 2.36. The number of amides is 3. The van der Waals surface area contributed by atoms with Crippen molar-refractivity contribution < 1.29 is 14.3 Å². The molecule has 0 spiro atoms. The van der Waals surface area contributed by atoms with Crippen LogP contribution in [-0.2, 0) is 4.79 Å². The van der Waals surface area contributed by atoms with E-state index in [1.54, 1.807) is 31.4 Å². The summed E-state index contributed by atoms with van der Waals surface area (Å²) in [6.45, 7) is 0.451. The molecule has 132 valence electrons. The smallest absolute Gasteiger partial charge is 0.319 e. The quantitative estimate of drug-likeness (QED) is 0.784. The number of carbonyl (C=O) groups is 2. The fraction of sp³-hybridized carbons (Fsp3) is 0.211. The van der Waals surface area contributed by atoms with E-state index < -0.39 is 12.1 Å². The van der Waals surface area contributed by atoms with Gasteiger partial charge in [-0.15, -0.1) is 0 Å². The SMILES string of the molecule is COc1ccc([C@@H]2CNC(=O)[C@H]2NC(=O)Nc2ccc(C#N)cc2)cc1. The first-order valence-corrected chi connectivity index (χ1v) is 8.10. The van der Waals surface area contributed by atoms with Crippen molar-refractivity contribution in [3.63, 3.8) is 0 Å². The summed E-state index contributed by atoms with van der Waals surface area (Å²) in [6.07, 6.45) is 0. The Kier molecular flexibility index (Phi) is 5.04. The molecule has 2 aromatic rings. The molecule has 3 N–H and O–H groups in total. The molecule has 1 saturated heterocycles. The van der Waals surface area contributed by atoms with Crippen LogP contribution in [0.3, 0.4) is 0 Å². The van der Waals surface area contributed by atoms with Gasteiger partial charge in [0.05, 0.1) is 18.7 Å². The summed E-state index contributed by atoms with van der Waals surface area (Å²) >= 11 is 0. The summed E-state index contributed by atoms with van der Waals surface area (Å²) in [5, 5.41) is 17.0. The lowest BCUT2D eigenvalue weighted by molar-refractivity contribution is -0.120. The minimum atomic E-state index is -0.665. The van der Waals surface area contributed by atoms with E-state index in [1.807, 2.05) is 30.3 Å². The van der Waals surface area contributed by atoms with Gasteiger partial charge in [-0.05, 0) is 42.0 Å². The van der Waals surface area contributed by atoms with Crippen LogP contribution in [0.5, 0.6) is 5.75 Å². The lowest BCUT2D eigenvalue weighted by Gasteiger charge is -2.19. The van der Waals surface area contributed by atoms with Gasteiger partial charge in [-0.25, -0.2) is 4.79 Å². The summed E-state index contributed by atoms with van der Waals surface area (Å²) in [4.78, 5) is 24.4. The third-order valence-electron chi connectivity index (χ3n) is 4.28. The predicted molar refractivity (Wildman–Crippen MR) is 95.8 cm³/mol. The van der Waals surface area contributed by atoms with Crippen molar-refractivity contribution >= 4 is 17.6 Å². The van der Waals surface area contributed by atoms with Crippen molar-refractivity contribution in [1.82, 2.24) is 10.6 Å². The standard InChI is InChI=1S/C19H18N4O3/c1-26-15-8-4-13(5-9-15)16-11-21-18(24)17(16)23-19(25)22-14-6-2-12(10-20)3-7-14/h2-9,16-17H,11H2,1H3,(H,21,24)(H2,22,23,25)/t16-,17-/m0/s1. The molecule has 1 aliphatic heterocycles. The zero-order chi connectivity index (χ0) is 18.5. The molecule has 0 aromatic heterocycles. The fourth-order valence-corrected chi connectivity index (χ4v) is 2.89. The van der Waals surface area contributed by atoms with E-state index in [1.165, 1.54) is 0 Å². The number of nitrogens with one attached hydrogen (secondary N) is 3. The van der Waals surface area contributed by atoms with Gasteiger partial charge < -0.3 is 20.7 Å². The minimum absolute atomic E-state index is 0.167. The maximum Gasteiger partial charge on any atom is 0.319 e. The second-order valence-electron chi connectivity index (χ2n) is 5.89. The zero-order valence-corrected chi connectivity index (χ0v) is 14.2. The number of methoxy groups -OCH3 is 1. The van der Waals surface area contributed by atoms with Crippen LogP contribution in [0, 0.1) is 11.3 Å². The van der Waals surface area contributed by atoms with E-state index in [2.05, 4.69) is 16.0 Å². The number of anilines is 1. The lowest BCUT2D eigenvalue weighted by atomic mass is 9.94. The molecule has 2 aromatic carbocycles. The largest absolute Gasteiger partial charge is 0.497 e. The molecule has 0 aliphatic carbocycles. The molecule has 3 rings (SSSR count). The lowest BCUT2D eigenvalue weighted by Crippen LogP contribution is -2.44. The summed E-state index contributed by atoms with van der Waals surface area (Å²) < 4.78 is 5.14.